The minimum absolute atomic E-state index is 0.167. The molecule has 14 heavy (non-hydrogen) atoms. The van der Waals surface area contributed by atoms with E-state index in [2.05, 4.69) is 17.2 Å². The third-order valence-corrected chi connectivity index (χ3v) is 0.927. The maximum absolute atomic E-state index is 9.44. The zero-order chi connectivity index (χ0) is 11.6. The van der Waals surface area contributed by atoms with Crippen LogP contribution in [0.25, 0.3) is 0 Å². The number of ketones is 1. The average molecular weight is 202 g/mol. The van der Waals surface area contributed by atoms with E-state index in [0.717, 1.165) is 19.4 Å². The lowest BCUT2D eigenvalue weighted by atomic mass is 10.3. The molecule has 0 atom stereocenters. The van der Waals surface area contributed by atoms with E-state index in [4.69, 9.17) is 5.11 Å². The third-order valence-electron chi connectivity index (χ3n) is 0.927. The summed E-state index contributed by atoms with van der Waals surface area (Å²) in [5.74, 6) is 0.167. The summed E-state index contributed by atoms with van der Waals surface area (Å²) in [4.78, 5) is 9.44. The molecule has 0 rings (SSSR count). The average Bonchev–Trinajstić information content (AvgIpc) is 1.95. The second kappa shape index (κ2) is 8.81. The van der Waals surface area contributed by atoms with Crippen LogP contribution in [0.2, 0.25) is 0 Å². The molecule has 0 unspecified atom stereocenters. The lowest BCUT2D eigenvalue weighted by Gasteiger charge is -2.07. The van der Waals surface area contributed by atoms with Crippen molar-refractivity contribution in [2.45, 2.75) is 53.2 Å². The van der Waals surface area contributed by atoms with Gasteiger partial charge in [-0.15, -0.1) is 0 Å². The van der Waals surface area contributed by atoms with E-state index < -0.39 is 5.72 Å². The van der Waals surface area contributed by atoms with Gasteiger partial charge in [0, 0.05) is 0 Å². The molecule has 0 fully saturated rings. The molecule has 0 heterocycles. The number of hydrogen-bond acceptors (Lipinski definition) is 4. The Labute approximate surface area is 86.4 Å². The van der Waals surface area contributed by atoms with Crippen molar-refractivity contribution in [3.63, 3.8) is 0 Å². The van der Waals surface area contributed by atoms with Crippen LogP contribution < -0.4 is 0 Å². The number of unbranched alkanes of at least 4 members (excludes halogenated alkanes) is 1. The molecule has 0 bridgehead atoms. The first-order chi connectivity index (χ1) is 6.29. The summed E-state index contributed by atoms with van der Waals surface area (Å²) in [5, 5.41) is 16.5. The van der Waals surface area contributed by atoms with E-state index in [9.17, 15) is 4.79 Å². The van der Waals surface area contributed by atoms with Crippen molar-refractivity contribution < 1.29 is 9.90 Å². The molecule has 0 spiro atoms. The van der Waals surface area contributed by atoms with E-state index in [-0.39, 0.29) is 5.78 Å². The monoisotopic (exact) mass is 202 g/mol. The quantitative estimate of drug-likeness (QED) is 0.562. The minimum Gasteiger partial charge on any atom is -0.368 e. The van der Waals surface area contributed by atoms with Gasteiger partial charge in [0.05, 0.1) is 6.54 Å². The predicted molar refractivity (Wildman–Crippen MR) is 57.3 cm³/mol. The Morgan fingerprint density at radius 3 is 2.07 bits per heavy atom. The van der Waals surface area contributed by atoms with Gasteiger partial charge >= 0.3 is 0 Å². The van der Waals surface area contributed by atoms with Crippen molar-refractivity contribution >= 4 is 5.78 Å². The van der Waals surface area contributed by atoms with E-state index in [1.807, 2.05) is 0 Å². The Kier molecular flexibility index (Phi) is 9.88. The van der Waals surface area contributed by atoms with Gasteiger partial charge in [0.25, 0.3) is 0 Å². The molecule has 1 N–H and O–H groups in total. The molecular weight excluding hydrogens is 180 g/mol. The SMILES string of the molecule is CC(C)=O.CCCCN=NC(C)(C)O. The fourth-order valence-electron chi connectivity index (χ4n) is 0.452. The van der Waals surface area contributed by atoms with Gasteiger partial charge in [-0.25, -0.2) is 0 Å². The second-order valence-corrected chi connectivity index (χ2v) is 3.72. The molecule has 0 aromatic carbocycles. The zero-order valence-corrected chi connectivity index (χ0v) is 9.87. The maximum atomic E-state index is 9.44. The molecular formula is C10H22N2O2. The van der Waals surface area contributed by atoms with Crippen LogP contribution in [0.1, 0.15) is 47.5 Å². The summed E-state index contributed by atoms with van der Waals surface area (Å²) < 4.78 is 0. The van der Waals surface area contributed by atoms with E-state index in [0.29, 0.717) is 0 Å². The number of carbonyl (C=O) groups excluding carboxylic acids is 1. The van der Waals surface area contributed by atoms with Crippen molar-refractivity contribution in [3.05, 3.63) is 0 Å². The van der Waals surface area contributed by atoms with E-state index >= 15 is 0 Å². The lowest BCUT2D eigenvalue weighted by molar-refractivity contribution is -0.114. The van der Waals surface area contributed by atoms with Crippen LogP contribution in [-0.4, -0.2) is 23.2 Å². The largest absolute Gasteiger partial charge is 0.368 e. The fourth-order valence-corrected chi connectivity index (χ4v) is 0.452. The van der Waals surface area contributed by atoms with Gasteiger partial charge in [-0.2, -0.15) is 10.2 Å². The molecule has 0 aliphatic heterocycles. The molecule has 0 aliphatic rings. The van der Waals surface area contributed by atoms with Crippen molar-refractivity contribution in [1.82, 2.24) is 0 Å². The van der Waals surface area contributed by atoms with E-state index in [1.165, 1.54) is 13.8 Å². The highest BCUT2D eigenvalue weighted by Gasteiger charge is 2.07. The molecule has 0 saturated carbocycles. The molecule has 0 aliphatic carbocycles. The lowest BCUT2D eigenvalue weighted by Crippen LogP contribution is -2.13. The Morgan fingerprint density at radius 1 is 1.36 bits per heavy atom. The van der Waals surface area contributed by atoms with Crippen molar-refractivity contribution in [2.75, 3.05) is 6.54 Å². The van der Waals surface area contributed by atoms with Gasteiger partial charge in [0.15, 0.2) is 5.72 Å². The van der Waals surface area contributed by atoms with Crippen LogP contribution >= 0.6 is 0 Å². The predicted octanol–water partition coefficient (Wildman–Crippen LogP) is 2.56. The molecule has 84 valence electrons. The molecule has 4 heteroatoms. The highest BCUT2D eigenvalue weighted by Crippen LogP contribution is 2.02. The van der Waals surface area contributed by atoms with Gasteiger partial charge < -0.3 is 9.90 Å². The van der Waals surface area contributed by atoms with Crippen LogP contribution in [0.3, 0.4) is 0 Å². The summed E-state index contributed by atoms with van der Waals surface area (Å²) in [6, 6.07) is 0. The summed E-state index contributed by atoms with van der Waals surface area (Å²) >= 11 is 0. The Morgan fingerprint density at radius 2 is 1.79 bits per heavy atom. The first-order valence-corrected chi connectivity index (χ1v) is 4.87. The van der Waals surface area contributed by atoms with Crippen molar-refractivity contribution in [2.24, 2.45) is 10.2 Å². The Hall–Kier alpha value is -0.770. The number of azo groups is 1. The summed E-state index contributed by atoms with van der Waals surface area (Å²) in [5.41, 5.74) is -0.992. The zero-order valence-electron chi connectivity index (χ0n) is 9.87. The molecule has 0 radical (unpaired) electrons. The second-order valence-electron chi connectivity index (χ2n) is 3.72. The molecule has 0 saturated heterocycles. The fraction of sp³-hybridized carbons (Fsp3) is 0.900. The minimum atomic E-state index is -0.992. The van der Waals surface area contributed by atoms with Crippen LogP contribution in [-0.2, 0) is 4.79 Å². The molecule has 0 aromatic heterocycles. The standard InChI is InChI=1S/C7H16N2O.C3H6O/c1-4-5-6-8-9-7(2,3)10;1-3(2)4/h10H,4-6H2,1-3H3;1-2H3. The van der Waals surface area contributed by atoms with Gasteiger partial charge in [-0.1, -0.05) is 13.3 Å². The van der Waals surface area contributed by atoms with Gasteiger partial charge in [-0.3, -0.25) is 0 Å². The van der Waals surface area contributed by atoms with Crippen LogP contribution in [0, 0.1) is 0 Å². The topological polar surface area (TPSA) is 62.0 Å². The third kappa shape index (κ3) is 30.3. The maximum Gasteiger partial charge on any atom is 0.170 e. The van der Waals surface area contributed by atoms with E-state index in [1.54, 1.807) is 13.8 Å². The number of Topliss-reactive ketones (excluding diaryl/α,β-unsaturated/α-hetero) is 1. The first kappa shape index (κ1) is 15.7. The van der Waals surface area contributed by atoms with Crippen molar-refractivity contribution in [1.29, 1.82) is 0 Å². The highest BCUT2D eigenvalue weighted by atomic mass is 16.3. The Balaban J connectivity index is 0. The number of carbonyl (C=O) groups is 1. The summed E-state index contributed by atoms with van der Waals surface area (Å²) in [6.45, 7) is 9.10. The molecule has 0 aromatic rings. The first-order valence-electron chi connectivity index (χ1n) is 4.87. The van der Waals surface area contributed by atoms with Gasteiger partial charge in [0.2, 0.25) is 0 Å². The number of aliphatic hydroxyl groups is 1. The highest BCUT2D eigenvalue weighted by molar-refractivity contribution is 5.72. The smallest absolute Gasteiger partial charge is 0.170 e. The number of rotatable bonds is 4. The normalized spacial score (nSPS) is 11.0. The van der Waals surface area contributed by atoms with Crippen molar-refractivity contribution in [3.8, 4) is 0 Å². The number of hydrogen-bond donors (Lipinski definition) is 1. The summed E-state index contributed by atoms with van der Waals surface area (Å²) in [6.07, 6.45) is 2.16. The van der Waals surface area contributed by atoms with Crippen LogP contribution in [0.15, 0.2) is 10.2 Å². The van der Waals surface area contributed by atoms with Crippen LogP contribution in [0.4, 0.5) is 0 Å². The summed E-state index contributed by atoms with van der Waals surface area (Å²) in [7, 11) is 0. The number of nitrogens with zero attached hydrogens (tertiary/aromatic N) is 2. The molecule has 0 amide bonds. The van der Waals surface area contributed by atoms with Gasteiger partial charge in [0.1, 0.15) is 5.78 Å². The Bertz CT molecular complexity index is 167. The van der Waals surface area contributed by atoms with Crippen LogP contribution in [0.5, 0.6) is 0 Å². The van der Waals surface area contributed by atoms with Gasteiger partial charge in [-0.05, 0) is 34.1 Å². The molecule has 4 nitrogen and oxygen atoms in total.